The highest BCUT2D eigenvalue weighted by Crippen LogP contribution is 2.27. The minimum Gasteiger partial charge on any atom is -0.316 e. The summed E-state index contributed by atoms with van der Waals surface area (Å²) in [6.45, 7) is 0. The first kappa shape index (κ1) is 12.8. The molecule has 2 atom stereocenters. The van der Waals surface area contributed by atoms with Crippen molar-refractivity contribution in [3.63, 3.8) is 0 Å². The van der Waals surface area contributed by atoms with Gasteiger partial charge in [0.25, 0.3) is 0 Å². The van der Waals surface area contributed by atoms with Gasteiger partial charge in [0.2, 0.25) is 0 Å². The van der Waals surface area contributed by atoms with Crippen LogP contribution >= 0.6 is 11.8 Å². The van der Waals surface area contributed by atoms with Gasteiger partial charge in [0.15, 0.2) is 0 Å². The molecular formula is C13H17F2NS. The van der Waals surface area contributed by atoms with Crippen LogP contribution in [0.4, 0.5) is 8.78 Å². The summed E-state index contributed by atoms with van der Waals surface area (Å²) in [6, 6.07) is 4.08. The second kappa shape index (κ2) is 5.83. The molecule has 0 bridgehead atoms. The van der Waals surface area contributed by atoms with Crippen LogP contribution in [-0.2, 0) is 6.42 Å². The van der Waals surface area contributed by atoms with E-state index >= 15 is 0 Å². The number of nitrogens with one attached hydrogen (secondary N) is 1. The van der Waals surface area contributed by atoms with E-state index in [4.69, 9.17) is 0 Å². The topological polar surface area (TPSA) is 12.0 Å². The third-order valence-electron chi connectivity index (χ3n) is 3.28. The zero-order chi connectivity index (χ0) is 12.3. The largest absolute Gasteiger partial charge is 0.316 e. The van der Waals surface area contributed by atoms with E-state index in [1.165, 1.54) is 24.3 Å². The molecule has 0 saturated carbocycles. The summed E-state index contributed by atoms with van der Waals surface area (Å²) in [4.78, 5) is 0. The third-order valence-corrected chi connectivity index (χ3v) is 4.47. The summed E-state index contributed by atoms with van der Waals surface area (Å²) >= 11 is 1.95. The fourth-order valence-electron chi connectivity index (χ4n) is 2.36. The zero-order valence-electron chi connectivity index (χ0n) is 9.88. The van der Waals surface area contributed by atoms with Crippen LogP contribution in [0.1, 0.15) is 12.0 Å². The van der Waals surface area contributed by atoms with E-state index in [0.29, 0.717) is 18.4 Å². The summed E-state index contributed by atoms with van der Waals surface area (Å²) < 4.78 is 26.2. The Balaban J connectivity index is 2.06. The van der Waals surface area contributed by atoms with Gasteiger partial charge in [-0.3, -0.25) is 0 Å². The van der Waals surface area contributed by atoms with Gasteiger partial charge in [-0.05, 0) is 55.0 Å². The highest BCUT2D eigenvalue weighted by molar-refractivity contribution is 7.99. The van der Waals surface area contributed by atoms with E-state index in [9.17, 15) is 8.78 Å². The maximum Gasteiger partial charge on any atom is 0.126 e. The summed E-state index contributed by atoms with van der Waals surface area (Å²) in [5, 5.41) is 3.27. The molecule has 17 heavy (non-hydrogen) atoms. The van der Waals surface area contributed by atoms with Crippen molar-refractivity contribution in [1.29, 1.82) is 0 Å². The lowest BCUT2D eigenvalue weighted by Gasteiger charge is -2.22. The summed E-state index contributed by atoms with van der Waals surface area (Å²) in [5.74, 6) is 1.96. The average molecular weight is 257 g/mol. The van der Waals surface area contributed by atoms with Crippen molar-refractivity contribution < 1.29 is 8.78 Å². The molecule has 0 radical (unpaired) electrons. The molecule has 1 nitrogen and oxygen atoms in total. The van der Waals surface area contributed by atoms with Crippen LogP contribution in [0, 0.1) is 17.6 Å². The summed E-state index contributed by atoms with van der Waals surface area (Å²) in [7, 11) is 1.92. The fourth-order valence-corrected chi connectivity index (χ4v) is 3.70. The van der Waals surface area contributed by atoms with Crippen LogP contribution in [0.15, 0.2) is 18.2 Å². The van der Waals surface area contributed by atoms with Gasteiger partial charge in [-0.1, -0.05) is 0 Å². The normalized spacial score (nSPS) is 21.7. The second-order valence-electron chi connectivity index (χ2n) is 4.50. The van der Waals surface area contributed by atoms with Gasteiger partial charge in [0, 0.05) is 12.1 Å². The van der Waals surface area contributed by atoms with Gasteiger partial charge in [0.1, 0.15) is 11.6 Å². The zero-order valence-corrected chi connectivity index (χ0v) is 10.7. The number of hydrogen-bond acceptors (Lipinski definition) is 2. The van der Waals surface area contributed by atoms with E-state index in [1.807, 2.05) is 18.8 Å². The molecule has 1 aliphatic heterocycles. The minimum absolute atomic E-state index is 0.311. The smallest absolute Gasteiger partial charge is 0.126 e. The molecule has 1 aliphatic rings. The van der Waals surface area contributed by atoms with Crippen molar-refractivity contribution in [3.8, 4) is 0 Å². The predicted octanol–water partition coefficient (Wildman–Crippen LogP) is 2.85. The van der Waals surface area contributed by atoms with Crippen molar-refractivity contribution in [2.45, 2.75) is 18.9 Å². The molecule has 0 spiro atoms. The van der Waals surface area contributed by atoms with Crippen LogP contribution in [-0.4, -0.2) is 24.6 Å². The molecular weight excluding hydrogens is 240 g/mol. The van der Waals surface area contributed by atoms with Gasteiger partial charge >= 0.3 is 0 Å². The maximum absolute atomic E-state index is 13.1. The molecule has 0 aliphatic carbocycles. The van der Waals surface area contributed by atoms with Gasteiger partial charge in [-0.15, -0.1) is 0 Å². The second-order valence-corrected chi connectivity index (χ2v) is 5.65. The van der Waals surface area contributed by atoms with Gasteiger partial charge < -0.3 is 5.32 Å². The maximum atomic E-state index is 13.1. The fraction of sp³-hybridized carbons (Fsp3) is 0.538. The first-order valence-electron chi connectivity index (χ1n) is 5.89. The molecule has 1 heterocycles. The van der Waals surface area contributed by atoms with Crippen LogP contribution < -0.4 is 5.32 Å². The Morgan fingerprint density at radius 1 is 1.35 bits per heavy atom. The molecule has 94 valence electrons. The molecule has 2 unspecified atom stereocenters. The van der Waals surface area contributed by atoms with Crippen molar-refractivity contribution in [3.05, 3.63) is 35.4 Å². The average Bonchev–Trinajstić information content (AvgIpc) is 2.77. The van der Waals surface area contributed by atoms with E-state index in [0.717, 1.165) is 17.4 Å². The van der Waals surface area contributed by atoms with E-state index in [-0.39, 0.29) is 0 Å². The molecule has 1 aromatic rings. The Bertz CT molecular complexity index is 357. The first-order chi connectivity index (χ1) is 8.19. The molecule has 2 rings (SSSR count). The molecule has 1 aromatic carbocycles. The summed E-state index contributed by atoms with van der Waals surface area (Å²) in [6.07, 6.45) is 1.88. The van der Waals surface area contributed by atoms with E-state index < -0.39 is 11.6 Å². The Morgan fingerprint density at radius 2 is 2.06 bits per heavy atom. The van der Waals surface area contributed by atoms with Crippen LogP contribution in [0.3, 0.4) is 0 Å². The Labute approximate surface area is 105 Å². The molecule has 1 fully saturated rings. The van der Waals surface area contributed by atoms with Crippen molar-refractivity contribution in [2.75, 3.05) is 18.6 Å². The number of benzene rings is 1. The molecule has 0 amide bonds. The van der Waals surface area contributed by atoms with Crippen molar-refractivity contribution in [1.82, 2.24) is 5.32 Å². The third kappa shape index (κ3) is 3.42. The monoisotopic (exact) mass is 257 g/mol. The van der Waals surface area contributed by atoms with Crippen LogP contribution in [0.25, 0.3) is 0 Å². The minimum atomic E-state index is -0.490. The molecule has 0 aromatic heterocycles. The Morgan fingerprint density at radius 3 is 2.59 bits per heavy atom. The number of hydrogen-bond donors (Lipinski definition) is 1. The lowest BCUT2D eigenvalue weighted by atomic mass is 9.93. The quantitative estimate of drug-likeness (QED) is 0.890. The Kier molecular flexibility index (Phi) is 4.40. The highest BCUT2D eigenvalue weighted by atomic mass is 32.2. The van der Waals surface area contributed by atoms with Gasteiger partial charge in [-0.2, -0.15) is 11.8 Å². The lowest BCUT2D eigenvalue weighted by Crippen LogP contribution is -2.35. The SMILES string of the molecule is CNC(Cc1cc(F)cc(F)c1)C1CCSC1. The number of likely N-dealkylation sites (N-methyl/N-ethyl adjacent to an activating group) is 1. The van der Waals surface area contributed by atoms with Crippen molar-refractivity contribution in [2.24, 2.45) is 5.92 Å². The number of halogens is 2. The van der Waals surface area contributed by atoms with Gasteiger partial charge in [0.05, 0.1) is 0 Å². The summed E-state index contributed by atoms with van der Waals surface area (Å²) in [5.41, 5.74) is 0.735. The number of thioether (sulfide) groups is 1. The number of rotatable bonds is 4. The highest BCUT2D eigenvalue weighted by Gasteiger charge is 2.24. The first-order valence-corrected chi connectivity index (χ1v) is 7.04. The Hall–Kier alpha value is -0.610. The molecule has 4 heteroatoms. The van der Waals surface area contributed by atoms with Gasteiger partial charge in [-0.25, -0.2) is 8.78 Å². The molecule has 1 saturated heterocycles. The van der Waals surface area contributed by atoms with E-state index in [2.05, 4.69) is 5.32 Å². The predicted molar refractivity (Wildman–Crippen MR) is 68.3 cm³/mol. The van der Waals surface area contributed by atoms with Crippen molar-refractivity contribution >= 4 is 11.8 Å². The van der Waals surface area contributed by atoms with Crippen LogP contribution in [0.5, 0.6) is 0 Å². The van der Waals surface area contributed by atoms with Crippen LogP contribution in [0.2, 0.25) is 0 Å². The molecule has 1 N–H and O–H groups in total. The van der Waals surface area contributed by atoms with E-state index in [1.54, 1.807) is 0 Å². The standard InChI is InChI=1S/C13H17F2NS/c1-16-13(10-2-3-17-8-10)6-9-4-11(14)7-12(15)5-9/h4-5,7,10,13,16H,2-3,6,8H2,1H3. The lowest BCUT2D eigenvalue weighted by molar-refractivity contribution is 0.403.